The molecule has 2 aromatic rings. The van der Waals surface area contributed by atoms with Crippen molar-refractivity contribution in [3.8, 4) is 5.95 Å². The van der Waals surface area contributed by atoms with Gasteiger partial charge in [-0.25, -0.2) is 18.3 Å². The number of nitrogens with zero attached hydrogens (tertiary/aromatic N) is 6. The number of hydrogen-bond acceptors (Lipinski definition) is 7. The third-order valence-electron chi connectivity index (χ3n) is 7.13. The second-order valence-corrected chi connectivity index (χ2v) is 11.4. The number of hydrogen-bond donors (Lipinski definition) is 1. The van der Waals surface area contributed by atoms with Crippen LogP contribution in [0.2, 0.25) is 0 Å². The summed E-state index contributed by atoms with van der Waals surface area (Å²) >= 11 is 0. The third kappa shape index (κ3) is 5.10. The highest BCUT2D eigenvalue weighted by atomic mass is 19.3. The molecule has 0 radical (unpaired) electrons. The standard InChI is InChI=1S/C25H35F2N7O2/c1-15-10-16(2)34(31-15)22-29-20(28-17-6-8-25(26,27)9-7-17)12-21(30-22)32-13-19-11-18(32)14-33(19)23(35)36-24(3,4)5/h10,12,17-19H,6-9,11,13-14H2,1-5H3,(H,28,29,30)/t18?,19-/m1/s1. The van der Waals surface area contributed by atoms with Crippen LogP contribution in [-0.2, 0) is 4.74 Å². The number of carbonyl (C=O) groups is 1. The van der Waals surface area contributed by atoms with Gasteiger partial charge in [-0.2, -0.15) is 15.1 Å². The van der Waals surface area contributed by atoms with Gasteiger partial charge >= 0.3 is 6.09 Å². The predicted molar refractivity (Wildman–Crippen MR) is 132 cm³/mol. The molecular formula is C25H35F2N7O2. The minimum atomic E-state index is -2.58. The van der Waals surface area contributed by atoms with Crippen molar-refractivity contribution in [3.63, 3.8) is 0 Å². The van der Waals surface area contributed by atoms with E-state index in [0.29, 0.717) is 37.7 Å². The van der Waals surface area contributed by atoms with E-state index < -0.39 is 11.5 Å². The van der Waals surface area contributed by atoms with Gasteiger partial charge < -0.3 is 19.9 Å². The first-order chi connectivity index (χ1) is 16.9. The summed E-state index contributed by atoms with van der Waals surface area (Å²) in [6, 6.07) is 3.95. The fourth-order valence-corrected chi connectivity index (χ4v) is 5.45. The number of amides is 1. The Bertz CT molecular complexity index is 1140. The van der Waals surface area contributed by atoms with Gasteiger partial charge in [-0.3, -0.25) is 0 Å². The molecule has 2 aromatic heterocycles. The molecule has 3 aliphatic rings. The summed E-state index contributed by atoms with van der Waals surface area (Å²) in [5.41, 5.74) is 1.23. The average molecular weight is 504 g/mol. The zero-order valence-corrected chi connectivity index (χ0v) is 21.6. The molecule has 196 valence electrons. The van der Waals surface area contributed by atoms with Gasteiger partial charge in [-0.05, 0) is 59.9 Å². The minimum Gasteiger partial charge on any atom is -0.444 e. The number of nitrogens with one attached hydrogen (secondary N) is 1. The van der Waals surface area contributed by atoms with E-state index >= 15 is 0 Å². The molecule has 1 amide bonds. The summed E-state index contributed by atoms with van der Waals surface area (Å²) in [6.07, 6.45) is 1.10. The Morgan fingerprint density at radius 2 is 1.83 bits per heavy atom. The smallest absolute Gasteiger partial charge is 0.410 e. The molecule has 1 unspecified atom stereocenters. The monoisotopic (exact) mass is 503 g/mol. The zero-order chi connectivity index (χ0) is 25.8. The second-order valence-electron chi connectivity index (χ2n) is 11.4. The maximum atomic E-state index is 13.7. The number of carbonyl (C=O) groups excluding carboxylic acids is 1. The number of halogens is 2. The Morgan fingerprint density at radius 1 is 1.11 bits per heavy atom. The van der Waals surface area contributed by atoms with Crippen LogP contribution in [0.1, 0.15) is 64.3 Å². The van der Waals surface area contributed by atoms with Crippen molar-refractivity contribution in [1.82, 2.24) is 24.6 Å². The SMILES string of the molecule is Cc1cc(C)n(-c2nc(NC3CCC(F)(F)CC3)cc(N3C[C@H]4CC3CN4C(=O)OC(C)(C)C)n2)n1. The van der Waals surface area contributed by atoms with Gasteiger partial charge in [0.15, 0.2) is 0 Å². The molecule has 4 heterocycles. The van der Waals surface area contributed by atoms with E-state index in [0.717, 1.165) is 23.6 Å². The summed E-state index contributed by atoms with van der Waals surface area (Å²) in [4.78, 5) is 26.3. The lowest BCUT2D eigenvalue weighted by Gasteiger charge is -2.36. The number of aryl methyl sites for hydroxylation is 2. The Morgan fingerprint density at radius 3 is 2.42 bits per heavy atom. The Balaban J connectivity index is 1.39. The molecule has 1 saturated carbocycles. The molecule has 2 saturated heterocycles. The number of fused-ring (bicyclic) bond motifs is 2. The number of piperazine rings is 1. The Labute approximate surface area is 210 Å². The van der Waals surface area contributed by atoms with Crippen LogP contribution in [0.15, 0.2) is 12.1 Å². The predicted octanol–water partition coefficient (Wildman–Crippen LogP) is 4.47. The molecule has 5 rings (SSSR count). The molecular weight excluding hydrogens is 468 g/mol. The van der Waals surface area contributed by atoms with Crippen molar-refractivity contribution in [2.24, 2.45) is 0 Å². The van der Waals surface area contributed by atoms with Crippen molar-refractivity contribution in [2.75, 3.05) is 23.3 Å². The number of anilines is 2. The van der Waals surface area contributed by atoms with E-state index in [-0.39, 0.29) is 37.1 Å². The fourth-order valence-electron chi connectivity index (χ4n) is 5.45. The molecule has 3 fully saturated rings. The lowest BCUT2D eigenvalue weighted by Crippen LogP contribution is -2.50. The van der Waals surface area contributed by atoms with Crippen LogP contribution in [0.4, 0.5) is 25.2 Å². The first kappa shape index (κ1) is 24.7. The maximum absolute atomic E-state index is 13.7. The van der Waals surface area contributed by atoms with Crippen LogP contribution in [0, 0.1) is 13.8 Å². The average Bonchev–Trinajstić information content (AvgIpc) is 3.47. The van der Waals surface area contributed by atoms with Crippen LogP contribution >= 0.6 is 0 Å². The molecule has 1 aliphatic carbocycles. The highest BCUT2D eigenvalue weighted by Crippen LogP contribution is 2.37. The van der Waals surface area contributed by atoms with Crippen LogP contribution in [0.5, 0.6) is 0 Å². The number of likely N-dealkylation sites (tertiary alicyclic amines) is 1. The molecule has 36 heavy (non-hydrogen) atoms. The number of ether oxygens (including phenoxy) is 1. The van der Waals surface area contributed by atoms with Gasteiger partial charge in [0.1, 0.15) is 17.2 Å². The van der Waals surface area contributed by atoms with E-state index in [9.17, 15) is 13.6 Å². The van der Waals surface area contributed by atoms with Crippen LogP contribution in [0.25, 0.3) is 5.95 Å². The molecule has 2 aliphatic heterocycles. The number of rotatable bonds is 4. The van der Waals surface area contributed by atoms with Crippen molar-refractivity contribution in [3.05, 3.63) is 23.5 Å². The van der Waals surface area contributed by atoms with Gasteiger partial charge in [0, 0.05) is 43.7 Å². The third-order valence-corrected chi connectivity index (χ3v) is 7.13. The summed E-state index contributed by atoms with van der Waals surface area (Å²) in [7, 11) is 0. The van der Waals surface area contributed by atoms with Crippen LogP contribution < -0.4 is 10.2 Å². The van der Waals surface area contributed by atoms with E-state index in [1.165, 1.54) is 0 Å². The Hall–Kier alpha value is -2.98. The molecule has 2 bridgehead atoms. The van der Waals surface area contributed by atoms with Crippen LogP contribution in [-0.4, -0.2) is 73.5 Å². The quantitative estimate of drug-likeness (QED) is 0.659. The number of aromatic nitrogens is 4. The van der Waals surface area contributed by atoms with Crippen molar-refractivity contribution in [2.45, 2.75) is 96.4 Å². The molecule has 0 spiro atoms. The van der Waals surface area contributed by atoms with E-state index in [2.05, 4.69) is 15.3 Å². The normalized spacial score (nSPS) is 23.9. The summed E-state index contributed by atoms with van der Waals surface area (Å²) < 4.78 is 34.7. The first-order valence-electron chi connectivity index (χ1n) is 12.7. The van der Waals surface area contributed by atoms with Crippen molar-refractivity contribution < 1.29 is 18.3 Å². The summed E-state index contributed by atoms with van der Waals surface area (Å²) in [6.45, 7) is 10.7. The number of alkyl halides is 2. The zero-order valence-electron chi connectivity index (χ0n) is 21.6. The van der Waals surface area contributed by atoms with Gasteiger partial charge in [0.25, 0.3) is 5.95 Å². The van der Waals surface area contributed by atoms with Crippen LogP contribution in [0.3, 0.4) is 0 Å². The van der Waals surface area contributed by atoms with Gasteiger partial charge in [-0.15, -0.1) is 0 Å². The molecule has 1 N–H and O–H groups in total. The maximum Gasteiger partial charge on any atom is 0.410 e. The van der Waals surface area contributed by atoms with E-state index in [1.807, 2.05) is 51.7 Å². The first-order valence-corrected chi connectivity index (χ1v) is 12.7. The fraction of sp³-hybridized carbons (Fsp3) is 0.680. The van der Waals surface area contributed by atoms with Crippen molar-refractivity contribution >= 4 is 17.7 Å². The lowest BCUT2D eigenvalue weighted by molar-refractivity contribution is -0.0361. The van der Waals surface area contributed by atoms with E-state index in [1.54, 1.807) is 4.68 Å². The van der Waals surface area contributed by atoms with Gasteiger partial charge in [-0.1, -0.05) is 0 Å². The summed E-state index contributed by atoms with van der Waals surface area (Å²) in [5.74, 6) is -0.802. The highest BCUT2D eigenvalue weighted by molar-refractivity contribution is 5.70. The summed E-state index contributed by atoms with van der Waals surface area (Å²) in [5, 5.41) is 7.93. The van der Waals surface area contributed by atoms with Gasteiger partial charge in [0.05, 0.1) is 17.8 Å². The molecule has 11 heteroatoms. The van der Waals surface area contributed by atoms with Gasteiger partial charge in [0.2, 0.25) is 5.92 Å². The largest absolute Gasteiger partial charge is 0.444 e. The molecule has 2 atom stereocenters. The Kier molecular flexibility index (Phi) is 6.07. The topological polar surface area (TPSA) is 88.4 Å². The lowest BCUT2D eigenvalue weighted by atomic mass is 9.92. The van der Waals surface area contributed by atoms with E-state index in [4.69, 9.17) is 14.7 Å². The molecule has 9 nitrogen and oxygen atoms in total. The highest BCUT2D eigenvalue weighted by Gasteiger charge is 2.47. The van der Waals surface area contributed by atoms with Crippen molar-refractivity contribution in [1.29, 1.82) is 0 Å². The minimum absolute atomic E-state index is 0.0499. The second kappa shape index (κ2) is 8.85. The molecule has 0 aromatic carbocycles.